The summed E-state index contributed by atoms with van der Waals surface area (Å²) in [4.78, 5) is 29.7. The zero-order chi connectivity index (χ0) is 31.7. The molecular weight excluding hydrogens is 594 g/mol. The van der Waals surface area contributed by atoms with Crippen molar-refractivity contribution in [3.05, 3.63) is 130 Å². The van der Waals surface area contributed by atoms with Gasteiger partial charge in [0.25, 0.3) is 10.0 Å². The third-order valence-corrected chi connectivity index (χ3v) is 9.43. The fourth-order valence-electron chi connectivity index (χ4n) is 4.89. The summed E-state index contributed by atoms with van der Waals surface area (Å²) in [6.07, 6.45) is 0.989. The minimum atomic E-state index is -4.19. The fourth-order valence-corrected chi connectivity index (χ4v) is 6.48. The number of halogens is 1. The third-order valence-electron chi connectivity index (χ3n) is 7.41. The number of hydrogen-bond donors (Lipinski definition) is 1. The second kappa shape index (κ2) is 15.0. The fraction of sp³-hybridized carbons (Fsp3) is 0.257. The average molecular weight is 632 g/mol. The molecule has 1 unspecified atom stereocenters. The van der Waals surface area contributed by atoms with Crippen LogP contribution < -0.4 is 9.62 Å². The van der Waals surface area contributed by atoms with Crippen molar-refractivity contribution >= 4 is 39.1 Å². The summed E-state index contributed by atoms with van der Waals surface area (Å²) in [5, 5.41) is 3.29. The first-order valence-corrected chi connectivity index (χ1v) is 16.4. The predicted molar refractivity (Wildman–Crippen MR) is 176 cm³/mol. The van der Waals surface area contributed by atoms with Gasteiger partial charge in [-0.1, -0.05) is 96.9 Å². The van der Waals surface area contributed by atoms with E-state index in [1.165, 1.54) is 23.1 Å². The van der Waals surface area contributed by atoms with E-state index in [-0.39, 0.29) is 29.5 Å². The van der Waals surface area contributed by atoms with Crippen molar-refractivity contribution in [3.8, 4) is 0 Å². The number of nitrogens with zero attached hydrogens (tertiary/aromatic N) is 2. The summed E-state index contributed by atoms with van der Waals surface area (Å²) in [5.41, 5.74) is 3.85. The molecule has 0 saturated carbocycles. The van der Waals surface area contributed by atoms with Crippen LogP contribution >= 0.6 is 11.6 Å². The van der Waals surface area contributed by atoms with E-state index in [2.05, 4.69) is 5.32 Å². The molecule has 9 heteroatoms. The maximum absolute atomic E-state index is 14.5. The summed E-state index contributed by atoms with van der Waals surface area (Å²) >= 11 is 6.29. The Balaban J connectivity index is 1.80. The largest absolute Gasteiger partial charge is 0.354 e. The number of sulfonamides is 1. The molecule has 0 aliphatic carbocycles. The van der Waals surface area contributed by atoms with E-state index in [1.807, 2.05) is 75.4 Å². The van der Waals surface area contributed by atoms with Gasteiger partial charge < -0.3 is 10.2 Å². The maximum atomic E-state index is 14.5. The standard InChI is InChI=1S/C35H38ClN3O4S/c1-4-21-37-35(41)33(22-28-12-6-5-7-13-28)38(24-29-14-9-8-11-27(29)3)34(40)25-39(31-16-10-15-30(36)23-31)44(42,43)32-19-17-26(2)18-20-32/h5-20,23,33H,4,21-22,24-25H2,1-3H3,(H,37,41). The van der Waals surface area contributed by atoms with Crippen molar-refractivity contribution in [1.82, 2.24) is 10.2 Å². The monoisotopic (exact) mass is 631 g/mol. The van der Waals surface area contributed by atoms with Crippen molar-refractivity contribution in [2.45, 2.75) is 51.1 Å². The number of aryl methyl sites for hydroxylation is 2. The third kappa shape index (κ3) is 8.27. The van der Waals surface area contributed by atoms with Crippen molar-refractivity contribution in [2.24, 2.45) is 0 Å². The second-order valence-electron chi connectivity index (χ2n) is 10.7. The van der Waals surface area contributed by atoms with E-state index >= 15 is 0 Å². The molecule has 7 nitrogen and oxygen atoms in total. The topological polar surface area (TPSA) is 86.8 Å². The highest BCUT2D eigenvalue weighted by molar-refractivity contribution is 7.92. The van der Waals surface area contributed by atoms with Gasteiger partial charge in [0.1, 0.15) is 12.6 Å². The number of amides is 2. The van der Waals surface area contributed by atoms with Crippen LogP contribution in [0.1, 0.15) is 35.6 Å². The average Bonchev–Trinajstić information content (AvgIpc) is 3.01. The Bertz CT molecular complexity index is 1680. The van der Waals surface area contributed by atoms with Gasteiger partial charge in [-0.3, -0.25) is 13.9 Å². The van der Waals surface area contributed by atoms with Gasteiger partial charge in [0.15, 0.2) is 0 Å². The number of anilines is 1. The molecule has 0 aromatic heterocycles. The van der Waals surface area contributed by atoms with Crippen molar-refractivity contribution in [3.63, 3.8) is 0 Å². The molecule has 2 amide bonds. The molecule has 0 bridgehead atoms. The van der Waals surface area contributed by atoms with E-state index in [4.69, 9.17) is 11.6 Å². The van der Waals surface area contributed by atoms with Gasteiger partial charge in [0.05, 0.1) is 10.6 Å². The molecule has 0 spiro atoms. The highest BCUT2D eigenvalue weighted by Crippen LogP contribution is 2.27. The number of nitrogens with one attached hydrogen (secondary N) is 1. The van der Waals surface area contributed by atoms with Gasteiger partial charge >= 0.3 is 0 Å². The quantitative estimate of drug-likeness (QED) is 0.187. The Morgan fingerprint density at radius 3 is 2.20 bits per heavy atom. The molecule has 4 rings (SSSR count). The van der Waals surface area contributed by atoms with Crippen LogP contribution in [-0.2, 0) is 32.6 Å². The second-order valence-corrected chi connectivity index (χ2v) is 13.0. The number of rotatable bonds is 13. The lowest BCUT2D eigenvalue weighted by Gasteiger charge is -2.34. The van der Waals surface area contributed by atoms with Crippen molar-refractivity contribution < 1.29 is 18.0 Å². The molecule has 0 aliphatic heterocycles. The van der Waals surface area contributed by atoms with E-state index in [0.29, 0.717) is 11.6 Å². The molecule has 0 radical (unpaired) electrons. The smallest absolute Gasteiger partial charge is 0.264 e. The molecular formula is C35H38ClN3O4S. The Kier molecular flexibility index (Phi) is 11.2. The maximum Gasteiger partial charge on any atom is 0.264 e. The number of benzene rings is 4. The van der Waals surface area contributed by atoms with Crippen LogP contribution in [0.4, 0.5) is 5.69 Å². The van der Waals surface area contributed by atoms with Crippen LogP contribution in [0.25, 0.3) is 0 Å². The molecule has 0 aliphatic rings. The van der Waals surface area contributed by atoms with E-state index in [9.17, 15) is 18.0 Å². The molecule has 1 N–H and O–H groups in total. The van der Waals surface area contributed by atoms with Crippen LogP contribution in [0, 0.1) is 13.8 Å². The van der Waals surface area contributed by atoms with Crippen LogP contribution in [0.3, 0.4) is 0 Å². The molecule has 4 aromatic rings. The van der Waals surface area contributed by atoms with Gasteiger partial charge in [0.2, 0.25) is 11.8 Å². The molecule has 0 heterocycles. The summed E-state index contributed by atoms with van der Waals surface area (Å²) in [6.45, 7) is 5.82. The highest BCUT2D eigenvalue weighted by atomic mass is 35.5. The molecule has 0 saturated heterocycles. The molecule has 0 fully saturated rings. The molecule has 1 atom stereocenters. The van der Waals surface area contributed by atoms with E-state index in [1.54, 1.807) is 30.3 Å². The summed E-state index contributed by atoms with van der Waals surface area (Å²) in [5.74, 6) is -0.815. The minimum Gasteiger partial charge on any atom is -0.354 e. The Morgan fingerprint density at radius 1 is 0.864 bits per heavy atom. The van der Waals surface area contributed by atoms with Gasteiger partial charge in [-0.15, -0.1) is 0 Å². The number of carbonyl (C=O) groups is 2. The van der Waals surface area contributed by atoms with Crippen LogP contribution in [0.15, 0.2) is 108 Å². The molecule has 230 valence electrons. The predicted octanol–water partition coefficient (Wildman–Crippen LogP) is 6.32. The van der Waals surface area contributed by atoms with Gasteiger partial charge in [0, 0.05) is 24.5 Å². The Hall–Kier alpha value is -4.14. The first kappa shape index (κ1) is 32.8. The van der Waals surface area contributed by atoms with Crippen molar-refractivity contribution in [2.75, 3.05) is 17.4 Å². The van der Waals surface area contributed by atoms with E-state index < -0.39 is 28.5 Å². The lowest BCUT2D eigenvalue weighted by Crippen LogP contribution is -2.53. The lowest BCUT2D eigenvalue weighted by atomic mass is 10.0. The Morgan fingerprint density at radius 2 is 1.55 bits per heavy atom. The van der Waals surface area contributed by atoms with Crippen molar-refractivity contribution in [1.29, 1.82) is 0 Å². The summed E-state index contributed by atoms with van der Waals surface area (Å²) in [7, 11) is -4.19. The molecule has 44 heavy (non-hydrogen) atoms. The van der Waals surface area contributed by atoms with E-state index in [0.717, 1.165) is 33.0 Å². The summed E-state index contributed by atoms with van der Waals surface area (Å²) in [6, 6.07) is 29.1. The first-order chi connectivity index (χ1) is 21.1. The number of carbonyl (C=O) groups excluding carboxylic acids is 2. The molecule has 4 aromatic carbocycles. The number of hydrogen-bond acceptors (Lipinski definition) is 4. The van der Waals surface area contributed by atoms with Gasteiger partial charge in [-0.05, 0) is 67.3 Å². The minimum absolute atomic E-state index is 0.0443. The van der Waals surface area contributed by atoms with Crippen LogP contribution in [0.5, 0.6) is 0 Å². The summed E-state index contributed by atoms with van der Waals surface area (Å²) < 4.78 is 29.3. The zero-order valence-corrected chi connectivity index (χ0v) is 26.8. The van der Waals surface area contributed by atoms with Gasteiger partial charge in [-0.25, -0.2) is 8.42 Å². The van der Waals surface area contributed by atoms with Crippen LogP contribution in [0.2, 0.25) is 5.02 Å². The van der Waals surface area contributed by atoms with Crippen LogP contribution in [-0.4, -0.2) is 44.3 Å². The Labute approximate surface area is 265 Å². The lowest BCUT2D eigenvalue weighted by molar-refractivity contribution is -0.140. The first-order valence-electron chi connectivity index (χ1n) is 14.6. The van der Waals surface area contributed by atoms with Gasteiger partial charge in [-0.2, -0.15) is 0 Å². The highest BCUT2D eigenvalue weighted by Gasteiger charge is 2.34. The SMILES string of the molecule is CCCNC(=O)C(Cc1ccccc1)N(Cc1ccccc1C)C(=O)CN(c1cccc(Cl)c1)S(=O)(=O)c1ccc(C)cc1. The zero-order valence-electron chi connectivity index (χ0n) is 25.2. The normalized spacial score (nSPS) is 11.9.